The van der Waals surface area contributed by atoms with Crippen molar-refractivity contribution >= 4 is 27.4 Å². The van der Waals surface area contributed by atoms with Crippen LogP contribution in [0.25, 0.3) is 5.52 Å². The van der Waals surface area contributed by atoms with Gasteiger partial charge in [-0.15, -0.1) is 0 Å². The normalized spacial score (nSPS) is 10.5. The molecular formula is C11H10BrNO2. The zero-order chi connectivity index (χ0) is 10.8. The monoisotopic (exact) mass is 267 g/mol. The predicted molar refractivity (Wildman–Crippen MR) is 61.1 cm³/mol. The Balaban J connectivity index is 2.47. The van der Waals surface area contributed by atoms with Crippen molar-refractivity contribution in [1.29, 1.82) is 0 Å². The summed E-state index contributed by atoms with van der Waals surface area (Å²) in [5.41, 5.74) is 1.53. The van der Waals surface area contributed by atoms with Crippen LogP contribution in [0.2, 0.25) is 0 Å². The summed E-state index contributed by atoms with van der Waals surface area (Å²) in [6, 6.07) is 5.65. The highest BCUT2D eigenvalue weighted by atomic mass is 79.9. The highest BCUT2D eigenvalue weighted by Crippen LogP contribution is 2.20. The molecule has 2 aromatic rings. The Morgan fingerprint density at radius 1 is 1.60 bits per heavy atom. The van der Waals surface area contributed by atoms with Gasteiger partial charge in [0.25, 0.3) is 0 Å². The summed E-state index contributed by atoms with van der Waals surface area (Å²) in [6.45, 7) is 2.19. The van der Waals surface area contributed by atoms with Crippen molar-refractivity contribution in [2.75, 3.05) is 6.61 Å². The van der Waals surface area contributed by atoms with Gasteiger partial charge in [0.15, 0.2) is 0 Å². The number of carbonyl (C=O) groups is 1. The molecule has 0 saturated carbocycles. The van der Waals surface area contributed by atoms with Crippen LogP contribution in [-0.2, 0) is 4.74 Å². The van der Waals surface area contributed by atoms with Crippen molar-refractivity contribution in [3.05, 3.63) is 40.6 Å². The molecule has 2 rings (SSSR count). The van der Waals surface area contributed by atoms with Crippen LogP contribution >= 0.6 is 15.9 Å². The molecule has 0 spiro atoms. The smallest absolute Gasteiger partial charge is 0.339 e. The topological polar surface area (TPSA) is 30.7 Å². The first kappa shape index (κ1) is 10.2. The number of pyridine rings is 1. The van der Waals surface area contributed by atoms with E-state index in [0.29, 0.717) is 12.2 Å². The average Bonchev–Trinajstić information content (AvgIpc) is 2.63. The van der Waals surface area contributed by atoms with Gasteiger partial charge >= 0.3 is 5.97 Å². The Morgan fingerprint density at radius 3 is 3.07 bits per heavy atom. The van der Waals surface area contributed by atoms with Gasteiger partial charge in [0.2, 0.25) is 0 Å². The molecule has 0 saturated heterocycles. The van der Waals surface area contributed by atoms with E-state index in [0.717, 1.165) is 9.99 Å². The molecule has 2 aromatic heterocycles. The molecule has 0 radical (unpaired) electrons. The SMILES string of the molecule is CCOC(=O)c1cc2c(Br)cccn2c1. The first-order valence-electron chi connectivity index (χ1n) is 4.65. The van der Waals surface area contributed by atoms with Crippen LogP contribution < -0.4 is 0 Å². The van der Waals surface area contributed by atoms with Crippen LogP contribution in [0.1, 0.15) is 17.3 Å². The Hall–Kier alpha value is -1.29. The summed E-state index contributed by atoms with van der Waals surface area (Å²) >= 11 is 3.43. The second kappa shape index (κ2) is 4.06. The van der Waals surface area contributed by atoms with Crippen LogP contribution in [0.4, 0.5) is 0 Å². The summed E-state index contributed by atoms with van der Waals surface area (Å²) in [4.78, 5) is 11.5. The van der Waals surface area contributed by atoms with Crippen molar-refractivity contribution in [2.45, 2.75) is 6.92 Å². The fraction of sp³-hybridized carbons (Fsp3) is 0.182. The molecule has 0 amide bonds. The second-order valence-electron chi connectivity index (χ2n) is 3.10. The summed E-state index contributed by atoms with van der Waals surface area (Å²) < 4.78 is 7.77. The van der Waals surface area contributed by atoms with E-state index in [9.17, 15) is 4.79 Å². The Bertz CT molecular complexity index is 504. The minimum atomic E-state index is -0.284. The molecule has 15 heavy (non-hydrogen) atoms. The van der Waals surface area contributed by atoms with Crippen LogP contribution in [-0.4, -0.2) is 17.0 Å². The average molecular weight is 268 g/mol. The number of rotatable bonds is 2. The van der Waals surface area contributed by atoms with Crippen molar-refractivity contribution in [1.82, 2.24) is 4.40 Å². The van der Waals surface area contributed by atoms with Gasteiger partial charge in [0, 0.05) is 16.9 Å². The van der Waals surface area contributed by atoms with Gasteiger partial charge in [-0.05, 0) is 41.1 Å². The minimum Gasteiger partial charge on any atom is -0.462 e. The molecule has 4 heteroatoms. The van der Waals surface area contributed by atoms with Gasteiger partial charge in [-0.1, -0.05) is 0 Å². The summed E-state index contributed by atoms with van der Waals surface area (Å²) in [5.74, 6) is -0.284. The summed E-state index contributed by atoms with van der Waals surface area (Å²) in [7, 11) is 0. The molecule has 0 fully saturated rings. The van der Waals surface area contributed by atoms with Gasteiger partial charge in [-0.2, -0.15) is 0 Å². The fourth-order valence-electron chi connectivity index (χ4n) is 1.43. The molecule has 3 nitrogen and oxygen atoms in total. The number of aromatic nitrogens is 1. The molecule has 0 aliphatic carbocycles. The molecule has 0 atom stereocenters. The zero-order valence-electron chi connectivity index (χ0n) is 8.24. The molecular weight excluding hydrogens is 258 g/mol. The lowest BCUT2D eigenvalue weighted by atomic mass is 10.3. The van der Waals surface area contributed by atoms with E-state index in [2.05, 4.69) is 15.9 Å². The molecule has 0 aromatic carbocycles. The lowest BCUT2D eigenvalue weighted by molar-refractivity contribution is 0.0526. The zero-order valence-corrected chi connectivity index (χ0v) is 9.82. The van der Waals surface area contributed by atoms with Crippen LogP contribution in [0.15, 0.2) is 35.1 Å². The molecule has 0 N–H and O–H groups in total. The number of halogens is 1. The van der Waals surface area contributed by atoms with Gasteiger partial charge < -0.3 is 9.14 Å². The Kier molecular flexibility index (Phi) is 2.77. The maximum Gasteiger partial charge on any atom is 0.339 e. The Labute approximate surface area is 95.8 Å². The number of esters is 1. The van der Waals surface area contributed by atoms with Crippen LogP contribution in [0, 0.1) is 0 Å². The number of nitrogens with zero attached hydrogens (tertiary/aromatic N) is 1. The number of hydrogen-bond acceptors (Lipinski definition) is 2. The van der Waals surface area contributed by atoms with Gasteiger partial charge in [-0.3, -0.25) is 0 Å². The van der Waals surface area contributed by atoms with Gasteiger partial charge in [0.1, 0.15) is 0 Å². The van der Waals surface area contributed by atoms with Gasteiger partial charge in [-0.25, -0.2) is 4.79 Å². The lowest BCUT2D eigenvalue weighted by Gasteiger charge is -1.96. The lowest BCUT2D eigenvalue weighted by Crippen LogP contribution is -2.02. The van der Waals surface area contributed by atoms with Crippen LogP contribution in [0.5, 0.6) is 0 Å². The molecule has 0 bridgehead atoms. The summed E-state index contributed by atoms with van der Waals surface area (Å²) in [6.07, 6.45) is 3.65. The van der Waals surface area contributed by atoms with E-state index in [-0.39, 0.29) is 5.97 Å². The van der Waals surface area contributed by atoms with Crippen molar-refractivity contribution in [3.63, 3.8) is 0 Å². The molecule has 78 valence electrons. The first-order chi connectivity index (χ1) is 7.22. The van der Waals surface area contributed by atoms with E-state index in [1.807, 2.05) is 28.8 Å². The highest BCUT2D eigenvalue weighted by molar-refractivity contribution is 9.10. The molecule has 0 unspecified atom stereocenters. The third-order valence-corrected chi connectivity index (χ3v) is 2.76. The summed E-state index contributed by atoms with van der Waals surface area (Å²) in [5, 5.41) is 0. The number of hydrogen-bond donors (Lipinski definition) is 0. The van der Waals surface area contributed by atoms with Crippen molar-refractivity contribution < 1.29 is 9.53 Å². The minimum absolute atomic E-state index is 0.284. The standard InChI is InChI=1S/C11H10BrNO2/c1-2-15-11(14)8-6-10-9(12)4-3-5-13(10)7-8/h3-7H,2H2,1H3. The molecule has 0 aliphatic heterocycles. The maximum absolute atomic E-state index is 11.5. The largest absolute Gasteiger partial charge is 0.462 e. The third kappa shape index (κ3) is 1.90. The quantitative estimate of drug-likeness (QED) is 0.784. The highest BCUT2D eigenvalue weighted by Gasteiger charge is 2.10. The number of fused-ring (bicyclic) bond motifs is 1. The van der Waals surface area contributed by atoms with E-state index < -0.39 is 0 Å². The maximum atomic E-state index is 11.5. The Morgan fingerprint density at radius 2 is 2.40 bits per heavy atom. The fourth-order valence-corrected chi connectivity index (χ4v) is 1.90. The van der Waals surface area contributed by atoms with E-state index in [4.69, 9.17) is 4.74 Å². The van der Waals surface area contributed by atoms with Crippen molar-refractivity contribution in [3.8, 4) is 0 Å². The number of ether oxygens (including phenoxy) is 1. The van der Waals surface area contributed by atoms with E-state index >= 15 is 0 Å². The first-order valence-corrected chi connectivity index (χ1v) is 5.45. The van der Waals surface area contributed by atoms with E-state index in [1.54, 1.807) is 13.1 Å². The number of carbonyl (C=O) groups excluding carboxylic acids is 1. The van der Waals surface area contributed by atoms with Gasteiger partial charge in [0.05, 0.1) is 17.7 Å². The van der Waals surface area contributed by atoms with E-state index in [1.165, 1.54) is 0 Å². The second-order valence-corrected chi connectivity index (χ2v) is 3.95. The molecule has 2 heterocycles. The molecule has 0 aliphatic rings. The third-order valence-electron chi connectivity index (χ3n) is 2.09. The predicted octanol–water partition coefficient (Wildman–Crippen LogP) is 2.88. The van der Waals surface area contributed by atoms with Crippen molar-refractivity contribution in [2.24, 2.45) is 0 Å². The van der Waals surface area contributed by atoms with Crippen LogP contribution in [0.3, 0.4) is 0 Å².